The van der Waals surface area contributed by atoms with Gasteiger partial charge in [0.2, 0.25) is 10.0 Å². The highest BCUT2D eigenvalue weighted by Crippen LogP contribution is 2.48. The van der Waals surface area contributed by atoms with Gasteiger partial charge in [-0.25, -0.2) is 16.8 Å². The van der Waals surface area contributed by atoms with Crippen molar-refractivity contribution in [1.29, 1.82) is 0 Å². The second-order valence-corrected chi connectivity index (χ2v) is 13.6. The van der Waals surface area contributed by atoms with Crippen LogP contribution in [0.1, 0.15) is 41.1 Å². The van der Waals surface area contributed by atoms with Crippen molar-refractivity contribution in [3.8, 4) is 5.75 Å². The lowest BCUT2D eigenvalue weighted by molar-refractivity contribution is 0.164. The average Bonchev–Trinajstić information content (AvgIpc) is 2.83. The second-order valence-electron chi connectivity index (χ2n) is 9.54. The minimum atomic E-state index is -3.84. The van der Waals surface area contributed by atoms with Gasteiger partial charge in [0.05, 0.1) is 28.2 Å². The molecule has 3 atom stereocenters. The maximum Gasteiger partial charge on any atom is 0.243 e. The molecule has 0 radical (unpaired) electrons. The fraction of sp³-hybridized carbons (Fsp3) is 0.333. The Hall–Kier alpha value is -2.68. The van der Waals surface area contributed by atoms with E-state index in [1.165, 1.54) is 0 Å². The molecule has 2 aliphatic rings. The normalized spacial score (nSPS) is 22.4. The van der Waals surface area contributed by atoms with Crippen LogP contribution in [0, 0.1) is 13.8 Å². The first-order valence-corrected chi connectivity index (χ1v) is 14.7. The van der Waals surface area contributed by atoms with Crippen molar-refractivity contribution in [2.45, 2.75) is 60.2 Å². The van der Waals surface area contributed by atoms with Gasteiger partial charge in [0.1, 0.15) is 5.75 Å². The second kappa shape index (κ2) is 8.76. The molecule has 3 aromatic carbocycles. The Bertz CT molecular complexity index is 1460. The van der Waals surface area contributed by atoms with Gasteiger partial charge in [-0.2, -0.15) is 4.31 Å². The number of piperidine rings is 1. The maximum atomic E-state index is 13.9. The van der Waals surface area contributed by atoms with Crippen molar-refractivity contribution in [1.82, 2.24) is 4.31 Å². The summed E-state index contributed by atoms with van der Waals surface area (Å²) in [6.07, 6.45) is 0.905. The van der Waals surface area contributed by atoms with E-state index in [1.807, 2.05) is 32.0 Å². The first kappa shape index (κ1) is 24.0. The lowest BCUT2D eigenvalue weighted by atomic mass is 9.81. The zero-order chi connectivity index (χ0) is 25.0. The lowest BCUT2D eigenvalue weighted by Gasteiger charge is -2.48. The van der Waals surface area contributed by atoms with E-state index < -0.39 is 37.2 Å². The third kappa shape index (κ3) is 4.17. The van der Waals surface area contributed by atoms with E-state index in [2.05, 4.69) is 0 Å². The molecule has 2 heterocycles. The molecule has 0 spiro atoms. The summed E-state index contributed by atoms with van der Waals surface area (Å²) in [5.74, 6) is 0.624. The highest BCUT2D eigenvalue weighted by Gasteiger charge is 2.50. The molecule has 2 aliphatic heterocycles. The van der Waals surface area contributed by atoms with Crippen LogP contribution in [0.2, 0.25) is 0 Å². The SMILES string of the molecule is COc1ccc2c(c1)[C@@H]1C[C@H](S(=O)(=O)c3ccc(C)cc3)C[C@H](C2)N1S(=O)(=O)c1ccc(C)cc1. The molecular weight excluding hydrogens is 482 g/mol. The molecule has 184 valence electrons. The molecule has 1 saturated heterocycles. The quantitative estimate of drug-likeness (QED) is 0.500. The van der Waals surface area contributed by atoms with Gasteiger partial charge >= 0.3 is 0 Å². The topological polar surface area (TPSA) is 80.8 Å². The fourth-order valence-corrected chi connectivity index (χ4v) is 8.99. The predicted molar refractivity (Wildman–Crippen MR) is 135 cm³/mol. The minimum absolute atomic E-state index is 0.192. The van der Waals surface area contributed by atoms with Crippen LogP contribution in [-0.2, 0) is 26.3 Å². The molecule has 5 rings (SSSR count). The van der Waals surface area contributed by atoms with Crippen molar-refractivity contribution in [2.24, 2.45) is 0 Å². The number of rotatable bonds is 5. The molecule has 1 fully saturated rings. The Balaban J connectivity index is 1.60. The van der Waals surface area contributed by atoms with E-state index in [4.69, 9.17) is 4.74 Å². The predicted octanol–water partition coefficient (Wildman–Crippen LogP) is 4.61. The molecule has 0 aliphatic carbocycles. The van der Waals surface area contributed by atoms with Gasteiger partial charge in [0.15, 0.2) is 9.84 Å². The van der Waals surface area contributed by atoms with Gasteiger partial charge in [0.25, 0.3) is 0 Å². The van der Waals surface area contributed by atoms with Gasteiger partial charge < -0.3 is 4.74 Å². The fourth-order valence-electron chi connectivity index (χ4n) is 5.37. The summed E-state index contributed by atoms with van der Waals surface area (Å²) < 4.78 is 62.0. The standard InChI is InChI=1S/C27H29NO5S2/c1-18-4-10-23(11-5-18)34(29,30)25-15-21-14-20-8-9-22(33-3)16-26(20)27(17-25)28(21)35(31,32)24-12-6-19(2)7-13-24/h4-13,16,21,25,27H,14-15,17H2,1-3H3/t21-,25+,27-/m0/s1. The Labute approximate surface area is 207 Å². The summed E-state index contributed by atoms with van der Waals surface area (Å²) in [7, 11) is -5.90. The van der Waals surface area contributed by atoms with Crippen LogP contribution >= 0.6 is 0 Å². The summed E-state index contributed by atoms with van der Waals surface area (Å²) in [4.78, 5) is 0.510. The monoisotopic (exact) mass is 511 g/mol. The number of aryl methyl sites for hydroxylation is 2. The third-order valence-corrected chi connectivity index (χ3v) is 11.4. The van der Waals surface area contributed by atoms with Crippen LogP contribution in [-0.4, -0.2) is 39.5 Å². The molecule has 6 nitrogen and oxygen atoms in total. The Morgan fingerprint density at radius 3 is 2.00 bits per heavy atom. The van der Waals surface area contributed by atoms with Crippen LogP contribution in [0.5, 0.6) is 5.75 Å². The Kier molecular flexibility index (Phi) is 6.02. The Morgan fingerprint density at radius 2 is 1.40 bits per heavy atom. The molecule has 35 heavy (non-hydrogen) atoms. The van der Waals surface area contributed by atoms with Crippen molar-refractivity contribution in [3.05, 3.63) is 89.0 Å². The highest BCUT2D eigenvalue weighted by atomic mass is 32.2. The van der Waals surface area contributed by atoms with Gasteiger partial charge in [-0.1, -0.05) is 41.5 Å². The third-order valence-electron chi connectivity index (χ3n) is 7.24. The minimum Gasteiger partial charge on any atom is -0.497 e. The van der Waals surface area contributed by atoms with Crippen LogP contribution in [0.15, 0.2) is 76.5 Å². The lowest BCUT2D eigenvalue weighted by Crippen LogP contribution is -2.54. The summed E-state index contributed by atoms with van der Waals surface area (Å²) in [6, 6.07) is 18.4. The van der Waals surface area contributed by atoms with E-state index in [-0.39, 0.29) is 22.6 Å². The zero-order valence-electron chi connectivity index (χ0n) is 20.0. The molecular formula is C27H29NO5S2. The molecule has 0 N–H and O–H groups in total. The first-order valence-electron chi connectivity index (χ1n) is 11.7. The number of sulfone groups is 1. The van der Waals surface area contributed by atoms with E-state index in [0.29, 0.717) is 12.2 Å². The number of nitrogens with zero attached hydrogens (tertiary/aromatic N) is 1. The number of hydrogen-bond acceptors (Lipinski definition) is 5. The molecule has 3 aromatic rings. The molecule has 0 aromatic heterocycles. The largest absolute Gasteiger partial charge is 0.497 e. The van der Waals surface area contributed by atoms with E-state index >= 15 is 0 Å². The summed E-state index contributed by atoms with van der Waals surface area (Å²) in [5.41, 5.74) is 3.82. The summed E-state index contributed by atoms with van der Waals surface area (Å²) in [5, 5.41) is -0.677. The molecule has 2 bridgehead atoms. The van der Waals surface area contributed by atoms with E-state index in [9.17, 15) is 16.8 Å². The first-order chi connectivity index (χ1) is 16.6. The zero-order valence-corrected chi connectivity index (χ0v) is 21.6. The highest BCUT2D eigenvalue weighted by molar-refractivity contribution is 7.92. The summed E-state index contributed by atoms with van der Waals surface area (Å²) in [6.45, 7) is 3.83. The van der Waals surface area contributed by atoms with E-state index in [0.717, 1.165) is 22.3 Å². The smallest absolute Gasteiger partial charge is 0.243 e. The molecule has 8 heteroatoms. The van der Waals surface area contributed by atoms with Crippen molar-refractivity contribution >= 4 is 19.9 Å². The summed E-state index contributed by atoms with van der Waals surface area (Å²) >= 11 is 0. The Morgan fingerprint density at radius 1 is 0.800 bits per heavy atom. The van der Waals surface area contributed by atoms with Gasteiger partial charge in [0, 0.05) is 6.04 Å². The maximum absolute atomic E-state index is 13.9. The average molecular weight is 512 g/mol. The number of methoxy groups -OCH3 is 1. The number of ether oxygens (including phenoxy) is 1. The van der Waals surface area contributed by atoms with Crippen LogP contribution in [0.3, 0.4) is 0 Å². The van der Waals surface area contributed by atoms with Crippen LogP contribution < -0.4 is 4.74 Å². The molecule has 0 saturated carbocycles. The number of sulfonamides is 1. The molecule has 0 unspecified atom stereocenters. The van der Waals surface area contributed by atoms with Crippen molar-refractivity contribution in [2.75, 3.05) is 7.11 Å². The number of benzene rings is 3. The van der Waals surface area contributed by atoms with Crippen LogP contribution in [0.25, 0.3) is 0 Å². The van der Waals surface area contributed by atoms with Crippen molar-refractivity contribution < 1.29 is 21.6 Å². The van der Waals surface area contributed by atoms with Crippen molar-refractivity contribution in [3.63, 3.8) is 0 Å². The number of fused-ring (bicyclic) bond motifs is 4. The molecule has 0 amide bonds. The van der Waals surface area contributed by atoms with E-state index in [1.54, 1.807) is 59.9 Å². The van der Waals surface area contributed by atoms with Gasteiger partial charge in [-0.3, -0.25) is 0 Å². The number of hydrogen-bond donors (Lipinski definition) is 0. The van der Waals surface area contributed by atoms with Gasteiger partial charge in [-0.15, -0.1) is 0 Å². The van der Waals surface area contributed by atoms with Gasteiger partial charge in [-0.05, 0) is 80.6 Å². The van der Waals surface area contributed by atoms with Crippen LogP contribution in [0.4, 0.5) is 0 Å².